The molecule has 8 nitrogen and oxygen atoms in total. The maximum atomic E-state index is 12.8. The first-order chi connectivity index (χ1) is 17.4. The number of aliphatic hydroxyl groups is 1. The number of hydrogen-bond acceptors (Lipinski definition) is 8. The van der Waals surface area contributed by atoms with Crippen LogP contribution < -0.4 is 0 Å². The highest BCUT2D eigenvalue weighted by Gasteiger charge is 2.57. The molecular weight excluding hydrogens is 464 g/mol. The summed E-state index contributed by atoms with van der Waals surface area (Å²) < 4.78 is 22.3. The van der Waals surface area contributed by atoms with Gasteiger partial charge in [0.1, 0.15) is 19.3 Å². The number of esters is 3. The predicted molar refractivity (Wildman–Crippen MR) is 128 cm³/mol. The molecule has 1 N–H and O–H groups in total. The van der Waals surface area contributed by atoms with Crippen molar-refractivity contribution in [3.63, 3.8) is 0 Å². The van der Waals surface area contributed by atoms with Gasteiger partial charge >= 0.3 is 17.9 Å². The largest absolute Gasteiger partial charge is 0.461 e. The topological polar surface area (TPSA) is 108 Å². The van der Waals surface area contributed by atoms with Crippen LogP contribution in [0.3, 0.4) is 0 Å². The Morgan fingerprint density at radius 3 is 1.69 bits per heavy atom. The van der Waals surface area contributed by atoms with E-state index in [4.69, 9.17) is 18.9 Å². The molecular formula is C28H26O8. The first-order valence-corrected chi connectivity index (χ1v) is 11.4. The van der Waals surface area contributed by atoms with Crippen LogP contribution in [0.4, 0.5) is 0 Å². The molecule has 4 unspecified atom stereocenters. The smallest absolute Gasteiger partial charge is 0.338 e. The normalized spacial score (nSPS) is 23.0. The molecule has 3 aromatic carbocycles. The van der Waals surface area contributed by atoms with Crippen LogP contribution in [-0.4, -0.2) is 54.7 Å². The van der Waals surface area contributed by atoms with Gasteiger partial charge in [-0.25, -0.2) is 14.4 Å². The van der Waals surface area contributed by atoms with Crippen molar-refractivity contribution in [1.82, 2.24) is 0 Å². The molecule has 0 aromatic heterocycles. The lowest BCUT2D eigenvalue weighted by molar-refractivity contribution is -0.135. The molecule has 4 atom stereocenters. The summed E-state index contributed by atoms with van der Waals surface area (Å²) in [6.45, 7) is 1.12. The monoisotopic (exact) mass is 490 g/mol. The van der Waals surface area contributed by atoms with E-state index in [9.17, 15) is 19.5 Å². The molecule has 1 heterocycles. The summed E-state index contributed by atoms with van der Waals surface area (Å²) in [6, 6.07) is 25.1. The third-order valence-electron chi connectivity index (χ3n) is 6.09. The molecule has 8 heteroatoms. The van der Waals surface area contributed by atoms with Gasteiger partial charge in [-0.15, -0.1) is 0 Å². The Morgan fingerprint density at radius 2 is 1.19 bits per heavy atom. The Kier molecular flexibility index (Phi) is 7.77. The molecule has 0 aliphatic carbocycles. The van der Waals surface area contributed by atoms with Crippen LogP contribution in [0.15, 0.2) is 91.0 Å². The zero-order chi connectivity index (χ0) is 25.5. The van der Waals surface area contributed by atoms with Gasteiger partial charge in [0.15, 0.2) is 12.4 Å². The predicted octanol–water partition coefficient (Wildman–Crippen LogP) is 3.65. The fourth-order valence-electron chi connectivity index (χ4n) is 3.95. The van der Waals surface area contributed by atoms with Gasteiger partial charge in [0.2, 0.25) is 0 Å². The molecule has 36 heavy (non-hydrogen) atoms. The summed E-state index contributed by atoms with van der Waals surface area (Å²) in [5, 5.41) is 10.7. The minimum absolute atomic E-state index is 0.260. The number of rotatable bonds is 8. The van der Waals surface area contributed by atoms with Crippen LogP contribution in [0.25, 0.3) is 0 Å². The molecule has 1 saturated heterocycles. The molecule has 1 aliphatic heterocycles. The molecule has 0 spiro atoms. The zero-order valence-corrected chi connectivity index (χ0v) is 19.6. The van der Waals surface area contributed by atoms with Crippen molar-refractivity contribution in [2.24, 2.45) is 5.41 Å². The fraction of sp³-hybridized carbons (Fsp3) is 0.250. The van der Waals surface area contributed by atoms with E-state index in [1.807, 2.05) is 0 Å². The van der Waals surface area contributed by atoms with Crippen LogP contribution in [0.1, 0.15) is 38.0 Å². The highest BCUT2D eigenvalue weighted by atomic mass is 16.7. The molecule has 1 aliphatic rings. The van der Waals surface area contributed by atoms with E-state index in [1.54, 1.807) is 97.9 Å². The third-order valence-corrected chi connectivity index (χ3v) is 6.09. The van der Waals surface area contributed by atoms with Crippen LogP contribution in [0.5, 0.6) is 0 Å². The Labute approximate surface area is 208 Å². The molecule has 0 saturated carbocycles. The van der Waals surface area contributed by atoms with E-state index >= 15 is 0 Å². The molecule has 4 rings (SSSR count). The van der Waals surface area contributed by atoms with Gasteiger partial charge < -0.3 is 24.1 Å². The average Bonchev–Trinajstić information content (AvgIpc) is 3.16. The van der Waals surface area contributed by atoms with Gasteiger partial charge in [-0.05, 0) is 43.3 Å². The van der Waals surface area contributed by atoms with E-state index in [-0.39, 0.29) is 18.8 Å². The van der Waals surface area contributed by atoms with Crippen LogP contribution in [0.2, 0.25) is 0 Å². The Balaban J connectivity index is 1.53. The minimum Gasteiger partial charge on any atom is -0.461 e. The van der Waals surface area contributed by atoms with Crippen molar-refractivity contribution in [1.29, 1.82) is 0 Å². The van der Waals surface area contributed by atoms with E-state index in [0.717, 1.165) is 0 Å². The zero-order valence-electron chi connectivity index (χ0n) is 19.6. The lowest BCUT2D eigenvalue weighted by Crippen LogP contribution is -2.47. The number of aliphatic hydroxyl groups excluding tert-OH is 1. The highest BCUT2D eigenvalue weighted by Crippen LogP contribution is 2.41. The first kappa shape index (κ1) is 25.1. The number of ether oxygens (including phenoxy) is 4. The SMILES string of the molecule is CC1(COC(=O)c2ccccc2)C(COC(=O)c2ccccc2)OC(O)C1OC(=O)c1ccccc1. The van der Waals surface area contributed by atoms with Crippen LogP contribution in [-0.2, 0) is 18.9 Å². The van der Waals surface area contributed by atoms with Crippen LogP contribution >= 0.6 is 0 Å². The van der Waals surface area contributed by atoms with Gasteiger partial charge in [-0.1, -0.05) is 54.6 Å². The molecule has 3 aromatic rings. The quantitative estimate of drug-likeness (QED) is 0.377. The second-order valence-electron chi connectivity index (χ2n) is 8.62. The van der Waals surface area contributed by atoms with Crippen molar-refractivity contribution in [3.05, 3.63) is 108 Å². The number of carbonyl (C=O) groups is 3. The van der Waals surface area contributed by atoms with Crippen molar-refractivity contribution < 1.29 is 38.4 Å². The maximum Gasteiger partial charge on any atom is 0.338 e. The Morgan fingerprint density at radius 1 is 0.750 bits per heavy atom. The van der Waals surface area contributed by atoms with Gasteiger partial charge in [0.25, 0.3) is 0 Å². The van der Waals surface area contributed by atoms with Gasteiger partial charge in [0, 0.05) is 0 Å². The van der Waals surface area contributed by atoms with Crippen molar-refractivity contribution in [2.75, 3.05) is 13.2 Å². The number of carbonyl (C=O) groups excluding carboxylic acids is 3. The summed E-state index contributed by atoms with van der Waals surface area (Å²) in [5.41, 5.74) is -0.260. The molecule has 1 fully saturated rings. The fourth-order valence-corrected chi connectivity index (χ4v) is 3.95. The summed E-state index contributed by atoms with van der Waals surface area (Å²) in [6.07, 6.45) is -3.66. The molecule has 0 bridgehead atoms. The molecule has 0 radical (unpaired) electrons. The van der Waals surface area contributed by atoms with E-state index in [2.05, 4.69) is 0 Å². The Hall–Kier alpha value is -4.01. The summed E-state index contributed by atoms with van der Waals surface area (Å²) >= 11 is 0. The van der Waals surface area contributed by atoms with E-state index < -0.39 is 41.8 Å². The van der Waals surface area contributed by atoms with Gasteiger partial charge in [-0.2, -0.15) is 0 Å². The maximum absolute atomic E-state index is 12.8. The van der Waals surface area contributed by atoms with E-state index in [0.29, 0.717) is 11.1 Å². The third kappa shape index (κ3) is 5.62. The van der Waals surface area contributed by atoms with Crippen molar-refractivity contribution in [3.8, 4) is 0 Å². The second-order valence-corrected chi connectivity index (χ2v) is 8.62. The molecule has 186 valence electrons. The lowest BCUT2D eigenvalue weighted by atomic mass is 9.81. The van der Waals surface area contributed by atoms with Gasteiger partial charge in [-0.3, -0.25) is 0 Å². The van der Waals surface area contributed by atoms with Gasteiger partial charge in [0.05, 0.1) is 22.1 Å². The first-order valence-electron chi connectivity index (χ1n) is 11.4. The summed E-state index contributed by atoms with van der Waals surface area (Å²) in [5.74, 6) is -1.85. The lowest BCUT2D eigenvalue weighted by Gasteiger charge is -2.33. The van der Waals surface area contributed by atoms with Crippen molar-refractivity contribution >= 4 is 17.9 Å². The van der Waals surface area contributed by atoms with E-state index in [1.165, 1.54) is 0 Å². The Bertz CT molecular complexity index is 1180. The average molecular weight is 491 g/mol. The number of benzene rings is 3. The number of hydrogen-bond donors (Lipinski definition) is 1. The minimum atomic E-state index is -1.53. The van der Waals surface area contributed by atoms with Crippen LogP contribution in [0, 0.1) is 5.41 Å². The second kappa shape index (κ2) is 11.2. The summed E-state index contributed by atoms with van der Waals surface area (Å²) in [4.78, 5) is 37.9. The standard InChI is InChI=1S/C28H26O8/c1-28(18-34-25(30)20-13-7-3-8-14-20)22(17-33-24(29)19-11-5-2-6-12-19)35-27(32)23(28)36-26(31)21-15-9-4-10-16-21/h2-16,22-23,27,32H,17-18H2,1H3. The summed E-state index contributed by atoms with van der Waals surface area (Å²) in [7, 11) is 0. The highest BCUT2D eigenvalue weighted by molar-refractivity contribution is 5.90. The van der Waals surface area contributed by atoms with Crippen molar-refractivity contribution in [2.45, 2.75) is 25.4 Å². The molecule has 0 amide bonds.